The van der Waals surface area contributed by atoms with Crippen LogP contribution in [0.3, 0.4) is 0 Å². The molecule has 2 heteroatoms. The monoisotopic (exact) mass is 161 g/mol. The van der Waals surface area contributed by atoms with Crippen LogP contribution >= 0.6 is 0 Å². The second-order valence-corrected chi connectivity index (χ2v) is 3.50. The lowest BCUT2D eigenvalue weighted by Crippen LogP contribution is -2.35. The summed E-state index contributed by atoms with van der Waals surface area (Å²) in [6.07, 6.45) is 1.69. The topological polar surface area (TPSA) is 3.24 Å². The minimum atomic E-state index is -1.01. The second-order valence-electron chi connectivity index (χ2n) is 3.50. The van der Waals surface area contributed by atoms with Gasteiger partial charge < -0.3 is 4.90 Å². The molecule has 0 radical (unpaired) electrons. The molecule has 1 unspecified atom stereocenters. The summed E-state index contributed by atoms with van der Waals surface area (Å²) >= 11 is 0. The standard InChI is InChI=1S/C9H20FN/c1-5-7-11(4)8-9(3,10)6-2/h5-8H2,1-4H3. The molecule has 0 N–H and O–H groups in total. The van der Waals surface area contributed by atoms with E-state index in [1.165, 1.54) is 0 Å². The van der Waals surface area contributed by atoms with Crippen molar-refractivity contribution in [3.05, 3.63) is 0 Å². The lowest BCUT2D eigenvalue weighted by Gasteiger charge is -2.25. The van der Waals surface area contributed by atoms with Crippen LogP contribution in [0.15, 0.2) is 0 Å². The Bertz CT molecular complexity index is 102. The minimum Gasteiger partial charge on any atom is -0.303 e. The van der Waals surface area contributed by atoms with Crippen LogP contribution in [0, 0.1) is 0 Å². The smallest absolute Gasteiger partial charge is 0.120 e. The molecule has 0 fully saturated rings. The van der Waals surface area contributed by atoms with Crippen LogP contribution < -0.4 is 0 Å². The van der Waals surface area contributed by atoms with E-state index >= 15 is 0 Å². The van der Waals surface area contributed by atoms with Gasteiger partial charge in [-0.15, -0.1) is 0 Å². The van der Waals surface area contributed by atoms with Gasteiger partial charge in [0.1, 0.15) is 5.67 Å². The molecule has 0 saturated carbocycles. The number of rotatable bonds is 5. The predicted molar refractivity (Wildman–Crippen MR) is 47.6 cm³/mol. The number of hydrogen-bond donors (Lipinski definition) is 0. The van der Waals surface area contributed by atoms with E-state index in [0.29, 0.717) is 13.0 Å². The molecule has 0 bridgehead atoms. The summed E-state index contributed by atoms with van der Waals surface area (Å²) in [4.78, 5) is 2.05. The Balaban J connectivity index is 3.64. The lowest BCUT2D eigenvalue weighted by atomic mass is 10.1. The lowest BCUT2D eigenvalue weighted by molar-refractivity contribution is 0.120. The molecule has 0 spiro atoms. The fourth-order valence-electron chi connectivity index (χ4n) is 1.14. The highest BCUT2D eigenvalue weighted by Crippen LogP contribution is 2.15. The van der Waals surface area contributed by atoms with Crippen molar-refractivity contribution >= 4 is 0 Å². The predicted octanol–water partition coefficient (Wildman–Crippen LogP) is 2.47. The van der Waals surface area contributed by atoms with Gasteiger partial charge in [0, 0.05) is 6.54 Å². The van der Waals surface area contributed by atoms with E-state index < -0.39 is 5.67 Å². The Morgan fingerprint density at radius 1 is 1.36 bits per heavy atom. The highest BCUT2D eigenvalue weighted by Gasteiger charge is 2.21. The van der Waals surface area contributed by atoms with E-state index in [1.54, 1.807) is 6.92 Å². The molecule has 0 aromatic rings. The molecule has 68 valence electrons. The summed E-state index contributed by atoms with van der Waals surface area (Å²) in [6.45, 7) is 7.20. The highest BCUT2D eigenvalue weighted by atomic mass is 19.1. The summed E-state index contributed by atoms with van der Waals surface area (Å²) in [6, 6.07) is 0. The first kappa shape index (κ1) is 10.9. The molecule has 0 aliphatic heterocycles. The first-order valence-corrected chi connectivity index (χ1v) is 4.39. The maximum atomic E-state index is 13.4. The zero-order valence-corrected chi connectivity index (χ0v) is 8.15. The van der Waals surface area contributed by atoms with Crippen LogP contribution in [0.25, 0.3) is 0 Å². The SMILES string of the molecule is CCCN(C)CC(C)(F)CC. The quantitative estimate of drug-likeness (QED) is 0.598. The van der Waals surface area contributed by atoms with E-state index in [4.69, 9.17) is 0 Å². The van der Waals surface area contributed by atoms with E-state index in [9.17, 15) is 4.39 Å². The fourth-order valence-corrected chi connectivity index (χ4v) is 1.14. The van der Waals surface area contributed by atoms with Gasteiger partial charge in [0.25, 0.3) is 0 Å². The molecule has 11 heavy (non-hydrogen) atoms. The third-order valence-corrected chi connectivity index (χ3v) is 1.94. The Morgan fingerprint density at radius 3 is 2.27 bits per heavy atom. The average molecular weight is 161 g/mol. The van der Waals surface area contributed by atoms with Crippen molar-refractivity contribution in [2.45, 2.75) is 39.3 Å². The van der Waals surface area contributed by atoms with Gasteiger partial charge in [-0.25, -0.2) is 4.39 Å². The third-order valence-electron chi connectivity index (χ3n) is 1.94. The van der Waals surface area contributed by atoms with E-state index in [-0.39, 0.29) is 0 Å². The minimum absolute atomic E-state index is 0.553. The van der Waals surface area contributed by atoms with Gasteiger partial charge in [-0.3, -0.25) is 0 Å². The molecule has 0 saturated heterocycles. The van der Waals surface area contributed by atoms with Gasteiger partial charge in [-0.1, -0.05) is 13.8 Å². The number of hydrogen-bond acceptors (Lipinski definition) is 1. The van der Waals surface area contributed by atoms with Crippen LogP contribution in [0.4, 0.5) is 4.39 Å². The molecule has 1 nitrogen and oxygen atoms in total. The molecule has 0 rings (SSSR count). The molecule has 0 aliphatic carbocycles. The largest absolute Gasteiger partial charge is 0.303 e. The summed E-state index contributed by atoms with van der Waals surface area (Å²) in [7, 11) is 1.97. The average Bonchev–Trinajstić information content (AvgIpc) is 1.87. The van der Waals surface area contributed by atoms with E-state index in [2.05, 4.69) is 6.92 Å². The fraction of sp³-hybridized carbons (Fsp3) is 1.00. The first-order chi connectivity index (χ1) is 5.02. The highest BCUT2D eigenvalue weighted by molar-refractivity contribution is 4.74. The van der Waals surface area contributed by atoms with Gasteiger partial charge in [-0.2, -0.15) is 0 Å². The molecule has 0 aromatic heterocycles. The van der Waals surface area contributed by atoms with Gasteiger partial charge in [0.05, 0.1) is 0 Å². The Labute approximate surface area is 69.6 Å². The summed E-state index contributed by atoms with van der Waals surface area (Å²) < 4.78 is 13.4. The zero-order valence-electron chi connectivity index (χ0n) is 8.15. The molecule has 1 atom stereocenters. The third kappa shape index (κ3) is 5.19. The normalized spacial score (nSPS) is 16.9. The van der Waals surface area contributed by atoms with Crippen LogP contribution in [0.5, 0.6) is 0 Å². The van der Waals surface area contributed by atoms with Gasteiger partial charge in [0.2, 0.25) is 0 Å². The summed E-state index contributed by atoms with van der Waals surface area (Å²) in [5.74, 6) is 0. The van der Waals surface area contributed by atoms with Crippen LogP contribution in [-0.4, -0.2) is 30.7 Å². The van der Waals surface area contributed by atoms with E-state index in [0.717, 1.165) is 13.0 Å². The van der Waals surface area contributed by atoms with Gasteiger partial charge in [0.15, 0.2) is 0 Å². The van der Waals surface area contributed by atoms with E-state index in [1.807, 2.05) is 18.9 Å². The molecular formula is C9H20FN. The molecule has 0 aliphatic rings. The van der Waals surface area contributed by atoms with Crippen LogP contribution in [0.1, 0.15) is 33.6 Å². The number of halogens is 1. The molecule has 0 amide bonds. The number of alkyl halides is 1. The Morgan fingerprint density at radius 2 is 1.91 bits per heavy atom. The van der Waals surface area contributed by atoms with Crippen molar-refractivity contribution in [1.29, 1.82) is 0 Å². The molecular weight excluding hydrogens is 141 g/mol. The van der Waals surface area contributed by atoms with Crippen molar-refractivity contribution in [2.75, 3.05) is 20.1 Å². The van der Waals surface area contributed by atoms with Crippen molar-refractivity contribution in [1.82, 2.24) is 4.90 Å². The van der Waals surface area contributed by atoms with Gasteiger partial charge in [-0.05, 0) is 33.4 Å². The van der Waals surface area contributed by atoms with Crippen molar-refractivity contribution in [2.24, 2.45) is 0 Å². The van der Waals surface area contributed by atoms with Gasteiger partial charge >= 0.3 is 0 Å². The maximum Gasteiger partial charge on any atom is 0.120 e. The Kier molecular flexibility index (Phi) is 4.66. The number of nitrogens with zero attached hydrogens (tertiary/aromatic N) is 1. The first-order valence-electron chi connectivity index (χ1n) is 4.39. The molecule has 0 heterocycles. The molecule has 0 aromatic carbocycles. The second kappa shape index (κ2) is 4.70. The van der Waals surface area contributed by atoms with Crippen LogP contribution in [-0.2, 0) is 0 Å². The maximum absolute atomic E-state index is 13.4. The van der Waals surface area contributed by atoms with Crippen molar-refractivity contribution in [3.63, 3.8) is 0 Å². The van der Waals surface area contributed by atoms with Crippen molar-refractivity contribution < 1.29 is 4.39 Å². The van der Waals surface area contributed by atoms with Crippen molar-refractivity contribution in [3.8, 4) is 0 Å². The summed E-state index contributed by atoms with van der Waals surface area (Å²) in [5, 5.41) is 0. The zero-order chi connectivity index (χ0) is 8.91. The van der Waals surface area contributed by atoms with Crippen LogP contribution in [0.2, 0.25) is 0 Å². The summed E-state index contributed by atoms with van der Waals surface area (Å²) in [5.41, 5.74) is -1.01. The Hall–Kier alpha value is -0.110.